The summed E-state index contributed by atoms with van der Waals surface area (Å²) < 4.78 is 10.7. The third-order valence-corrected chi connectivity index (χ3v) is 5.85. The Morgan fingerprint density at radius 1 is 1.10 bits per heavy atom. The Balaban J connectivity index is 1.42. The van der Waals surface area contributed by atoms with Crippen molar-refractivity contribution < 1.29 is 19.1 Å². The van der Waals surface area contributed by atoms with E-state index in [-0.39, 0.29) is 12.5 Å². The number of thioether (sulfide) groups is 1. The van der Waals surface area contributed by atoms with E-state index in [1.54, 1.807) is 23.5 Å². The molecule has 0 atom stereocenters. The number of nitrogens with zero attached hydrogens (tertiary/aromatic N) is 1. The molecule has 156 valence electrons. The highest BCUT2D eigenvalue weighted by molar-refractivity contribution is 7.98. The van der Waals surface area contributed by atoms with Gasteiger partial charge in [0.2, 0.25) is 0 Å². The van der Waals surface area contributed by atoms with Crippen LogP contribution in [0.4, 0.5) is 0 Å². The molecule has 0 spiro atoms. The molecule has 0 unspecified atom stereocenters. The lowest BCUT2D eigenvalue weighted by atomic mass is 10.2. The number of ether oxygens (including phenoxy) is 2. The fourth-order valence-corrected chi connectivity index (χ4v) is 4.17. The Bertz CT molecular complexity index is 976. The largest absolute Gasteiger partial charge is 0.492 e. The van der Waals surface area contributed by atoms with E-state index in [1.807, 2.05) is 54.8 Å². The number of thiazole rings is 1. The molecule has 1 heterocycles. The zero-order chi connectivity index (χ0) is 21.2. The normalized spacial score (nSPS) is 10.4. The number of hydrogen-bond acceptors (Lipinski definition) is 7. The van der Waals surface area contributed by atoms with E-state index in [1.165, 1.54) is 11.8 Å². The van der Waals surface area contributed by atoms with Gasteiger partial charge in [0.25, 0.3) is 5.91 Å². The lowest BCUT2D eigenvalue weighted by Gasteiger charge is -2.10. The van der Waals surface area contributed by atoms with Crippen molar-refractivity contribution in [1.82, 2.24) is 10.3 Å². The van der Waals surface area contributed by atoms with Crippen molar-refractivity contribution in [1.29, 1.82) is 0 Å². The summed E-state index contributed by atoms with van der Waals surface area (Å²) in [5, 5.41) is 5.69. The smallest absolute Gasteiger partial charge is 0.339 e. The van der Waals surface area contributed by atoms with Crippen LogP contribution in [0.1, 0.15) is 21.1 Å². The lowest BCUT2D eigenvalue weighted by molar-refractivity contribution is -0.124. The van der Waals surface area contributed by atoms with Crippen LogP contribution in [0.15, 0.2) is 64.9 Å². The number of nitrogens with one attached hydrogen (secondary N) is 1. The summed E-state index contributed by atoms with van der Waals surface area (Å²) >= 11 is 3.12. The number of rotatable bonds is 10. The van der Waals surface area contributed by atoms with E-state index in [2.05, 4.69) is 10.3 Å². The second kappa shape index (κ2) is 11.4. The van der Waals surface area contributed by atoms with Crippen LogP contribution in [-0.4, -0.2) is 36.6 Å². The van der Waals surface area contributed by atoms with Gasteiger partial charge in [-0.1, -0.05) is 30.3 Å². The molecule has 0 fully saturated rings. The summed E-state index contributed by atoms with van der Waals surface area (Å²) in [5.74, 6) is 0.503. The van der Waals surface area contributed by atoms with Gasteiger partial charge in [-0.15, -0.1) is 23.1 Å². The third-order valence-electron chi connectivity index (χ3n) is 3.92. The molecule has 1 N–H and O–H groups in total. The number of carbonyl (C=O) groups is 2. The summed E-state index contributed by atoms with van der Waals surface area (Å²) in [5.41, 5.74) is 1.41. The molecule has 8 heteroatoms. The van der Waals surface area contributed by atoms with Crippen LogP contribution in [0.25, 0.3) is 0 Å². The second-order valence-electron chi connectivity index (χ2n) is 6.23. The Labute approximate surface area is 183 Å². The highest BCUT2D eigenvalue weighted by Crippen LogP contribution is 2.27. The Morgan fingerprint density at radius 2 is 1.87 bits per heavy atom. The molecule has 0 saturated heterocycles. The van der Waals surface area contributed by atoms with Gasteiger partial charge >= 0.3 is 5.97 Å². The third kappa shape index (κ3) is 6.89. The van der Waals surface area contributed by atoms with Crippen molar-refractivity contribution in [3.05, 3.63) is 76.2 Å². The van der Waals surface area contributed by atoms with Gasteiger partial charge in [-0.05, 0) is 31.2 Å². The van der Waals surface area contributed by atoms with Crippen LogP contribution in [0.2, 0.25) is 0 Å². The number of aryl methyl sites for hydroxylation is 1. The van der Waals surface area contributed by atoms with Gasteiger partial charge in [-0.25, -0.2) is 9.78 Å². The Hall–Kier alpha value is -2.84. The molecule has 2 aromatic carbocycles. The number of benzene rings is 2. The minimum absolute atomic E-state index is 0.324. The molecule has 0 radical (unpaired) electrons. The van der Waals surface area contributed by atoms with Crippen LogP contribution >= 0.6 is 23.1 Å². The van der Waals surface area contributed by atoms with Crippen LogP contribution in [0.3, 0.4) is 0 Å². The molecular formula is C22H22N2O4S2. The average molecular weight is 443 g/mol. The fourth-order valence-electron chi connectivity index (χ4n) is 2.52. The van der Waals surface area contributed by atoms with Gasteiger partial charge in [0.15, 0.2) is 6.61 Å². The van der Waals surface area contributed by atoms with E-state index in [9.17, 15) is 9.59 Å². The number of esters is 1. The van der Waals surface area contributed by atoms with Gasteiger partial charge < -0.3 is 14.8 Å². The van der Waals surface area contributed by atoms with Crippen molar-refractivity contribution in [2.24, 2.45) is 0 Å². The molecule has 3 aromatic rings. The van der Waals surface area contributed by atoms with Crippen LogP contribution in [0.5, 0.6) is 5.75 Å². The van der Waals surface area contributed by atoms with Crippen molar-refractivity contribution in [3.63, 3.8) is 0 Å². The van der Waals surface area contributed by atoms with Crippen molar-refractivity contribution in [2.75, 3.05) is 19.8 Å². The number of carbonyl (C=O) groups excluding carboxylic acids is 2. The summed E-state index contributed by atoms with van der Waals surface area (Å²) in [6.45, 7) is 2.28. The molecule has 0 aliphatic heterocycles. The second-order valence-corrected chi connectivity index (χ2v) is 8.31. The molecule has 3 rings (SSSR count). The first-order chi connectivity index (χ1) is 14.6. The van der Waals surface area contributed by atoms with Crippen molar-refractivity contribution in [3.8, 4) is 5.75 Å². The first-order valence-corrected chi connectivity index (χ1v) is 11.2. The zero-order valence-corrected chi connectivity index (χ0v) is 18.1. The minimum Gasteiger partial charge on any atom is -0.492 e. The van der Waals surface area contributed by atoms with Crippen LogP contribution in [0, 0.1) is 6.92 Å². The monoisotopic (exact) mass is 442 g/mol. The van der Waals surface area contributed by atoms with Gasteiger partial charge in [0.1, 0.15) is 12.4 Å². The molecule has 1 amide bonds. The van der Waals surface area contributed by atoms with Gasteiger partial charge in [0.05, 0.1) is 22.8 Å². The standard InChI is InChI=1S/C22H22N2O4S2/c1-16-24-17(14-29-16)15-30-20-10-6-5-9-19(20)22(26)28-13-21(25)23-11-12-27-18-7-3-2-4-8-18/h2-10,14H,11-13,15H2,1H3,(H,23,25). The van der Waals surface area contributed by atoms with E-state index in [0.29, 0.717) is 24.5 Å². The van der Waals surface area contributed by atoms with E-state index >= 15 is 0 Å². The summed E-state index contributed by atoms with van der Waals surface area (Å²) in [4.78, 5) is 29.6. The summed E-state index contributed by atoms with van der Waals surface area (Å²) in [7, 11) is 0. The number of aromatic nitrogens is 1. The molecule has 1 aromatic heterocycles. The first-order valence-electron chi connectivity index (χ1n) is 9.36. The van der Waals surface area contributed by atoms with E-state index < -0.39 is 5.97 Å². The molecule has 0 saturated carbocycles. The Kier molecular flexibility index (Phi) is 8.29. The zero-order valence-electron chi connectivity index (χ0n) is 16.5. The van der Waals surface area contributed by atoms with Gasteiger partial charge in [0, 0.05) is 16.0 Å². The van der Waals surface area contributed by atoms with Crippen molar-refractivity contribution in [2.45, 2.75) is 17.6 Å². The topological polar surface area (TPSA) is 77.5 Å². The highest BCUT2D eigenvalue weighted by atomic mass is 32.2. The minimum atomic E-state index is -0.525. The van der Waals surface area contributed by atoms with E-state index in [4.69, 9.17) is 9.47 Å². The Morgan fingerprint density at radius 3 is 2.63 bits per heavy atom. The van der Waals surface area contributed by atoms with Crippen LogP contribution in [-0.2, 0) is 15.3 Å². The average Bonchev–Trinajstić information content (AvgIpc) is 3.19. The first kappa shape index (κ1) is 21.9. The van der Waals surface area contributed by atoms with Gasteiger partial charge in [-0.3, -0.25) is 4.79 Å². The number of para-hydroxylation sites is 1. The molecule has 0 aliphatic rings. The van der Waals surface area contributed by atoms with Crippen molar-refractivity contribution >= 4 is 35.0 Å². The predicted molar refractivity (Wildman–Crippen MR) is 118 cm³/mol. The maximum absolute atomic E-state index is 12.4. The molecule has 6 nitrogen and oxygen atoms in total. The maximum Gasteiger partial charge on any atom is 0.339 e. The lowest BCUT2D eigenvalue weighted by Crippen LogP contribution is -2.32. The quantitative estimate of drug-likeness (QED) is 0.289. The molecule has 0 aliphatic carbocycles. The molecule has 0 bridgehead atoms. The highest BCUT2D eigenvalue weighted by Gasteiger charge is 2.15. The number of hydrogen-bond donors (Lipinski definition) is 1. The summed E-state index contributed by atoms with van der Waals surface area (Å²) in [6, 6.07) is 16.5. The van der Waals surface area contributed by atoms with Crippen LogP contribution < -0.4 is 10.1 Å². The SMILES string of the molecule is Cc1nc(CSc2ccccc2C(=O)OCC(=O)NCCOc2ccccc2)cs1. The molecular weight excluding hydrogens is 420 g/mol. The van der Waals surface area contributed by atoms with E-state index in [0.717, 1.165) is 21.3 Å². The number of amides is 1. The molecule has 30 heavy (non-hydrogen) atoms. The fraction of sp³-hybridized carbons (Fsp3) is 0.227. The maximum atomic E-state index is 12.4. The predicted octanol–water partition coefficient (Wildman–Crippen LogP) is 4.10. The summed E-state index contributed by atoms with van der Waals surface area (Å²) in [6.07, 6.45) is 0. The van der Waals surface area contributed by atoms with Gasteiger partial charge in [-0.2, -0.15) is 0 Å².